The molecular weight excluding hydrogens is 382 g/mol. The molecule has 0 aliphatic heterocycles. The molecule has 0 saturated carbocycles. The monoisotopic (exact) mass is 397 g/mol. The molecule has 0 bridgehead atoms. The first kappa shape index (κ1) is 19.6. The summed E-state index contributed by atoms with van der Waals surface area (Å²) in [6, 6.07) is 4.45. The van der Waals surface area contributed by atoms with Crippen molar-refractivity contribution in [2.75, 3.05) is 18.7 Å². The number of hydrogen-bond donors (Lipinski definition) is 2. The van der Waals surface area contributed by atoms with Gasteiger partial charge in [0.15, 0.2) is 0 Å². The van der Waals surface area contributed by atoms with Gasteiger partial charge in [0, 0.05) is 5.56 Å². The van der Waals surface area contributed by atoms with E-state index in [4.69, 9.17) is 4.74 Å². The molecule has 2 N–H and O–H groups in total. The summed E-state index contributed by atoms with van der Waals surface area (Å²) in [5, 5.41) is 1.74. The minimum absolute atomic E-state index is 0.0297. The van der Waals surface area contributed by atoms with Crippen LogP contribution in [0.1, 0.15) is 16.2 Å². The average molecular weight is 397 g/mol. The number of carbonyl (C=O) groups excluding carboxylic acids is 2. The number of urea groups is 1. The van der Waals surface area contributed by atoms with Gasteiger partial charge in [-0.15, -0.1) is 0 Å². The lowest BCUT2D eigenvalue weighted by molar-refractivity contribution is 0.108. The molecule has 0 unspecified atom stereocenters. The molecule has 138 valence electrons. The third kappa shape index (κ3) is 4.67. The van der Waals surface area contributed by atoms with Gasteiger partial charge in [-0.3, -0.25) is 10.1 Å². The molecule has 0 saturated heterocycles. The van der Waals surface area contributed by atoms with Crippen molar-refractivity contribution >= 4 is 38.9 Å². The number of anilines is 1. The van der Waals surface area contributed by atoms with Crippen molar-refractivity contribution in [1.29, 1.82) is 0 Å². The number of sulfonamides is 1. The number of ether oxygens (including phenoxy) is 1. The number of aryl methyl sites for hydroxylation is 1. The Balaban J connectivity index is 2.24. The zero-order valence-corrected chi connectivity index (χ0v) is 15.6. The second kappa shape index (κ2) is 8.10. The van der Waals surface area contributed by atoms with Crippen LogP contribution in [0.5, 0.6) is 6.01 Å². The Labute approximate surface area is 153 Å². The van der Waals surface area contributed by atoms with Crippen LogP contribution in [0.2, 0.25) is 0 Å². The quantitative estimate of drug-likeness (QED) is 0.761. The largest absolute Gasteiger partial charge is 0.467 e. The fourth-order valence-corrected chi connectivity index (χ4v) is 3.46. The molecular formula is C14H15N5O5S2. The van der Waals surface area contributed by atoms with E-state index >= 15 is 0 Å². The van der Waals surface area contributed by atoms with Crippen LogP contribution in [0, 0.1) is 6.92 Å². The highest BCUT2D eigenvalue weighted by molar-refractivity contribution is 8.13. The molecule has 2 aromatic rings. The van der Waals surface area contributed by atoms with Crippen molar-refractivity contribution < 1.29 is 22.7 Å². The fourth-order valence-electron chi connectivity index (χ4n) is 1.89. The van der Waals surface area contributed by atoms with Crippen molar-refractivity contribution in [3.05, 3.63) is 35.7 Å². The Kier molecular flexibility index (Phi) is 6.10. The standard InChI is InChI=1S/C14H15N5O5S2/c1-8-15-12(18-14(16-8)24-2)17-13(21)19-26(22,23)10-7-5-4-6-9(10)11(20)25-3/h4-7H,1-3H3,(H2,15,16,17,18,19,21). The van der Waals surface area contributed by atoms with Gasteiger partial charge in [-0.2, -0.15) is 15.0 Å². The van der Waals surface area contributed by atoms with Gasteiger partial charge in [0.25, 0.3) is 10.0 Å². The minimum atomic E-state index is -4.29. The summed E-state index contributed by atoms with van der Waals surface area (Å²) >= 11 is 0.863. The van der Waals surface area contributed by atoms with E-state index in [1.54, 1.807) is 6.92 Å². The molecule has 1 heterocycles. The van der Waals surface area contributed by atoms with Gasteiger partial charge in [-0.1, -0.05) is 23.9 Å². The second-order valence-corrected chi connectivity index (χ2v) is 7.17. The van der Waals surface area contributed by atoms with Crippen LogP contribution in [0.25, 0.3) is 0 Å². The van der Waals surface area contributed by atoms with Gasteiger partial charge in [0.1, 0.15) is 5.82 Å². The molecule has 0 atom stereocenters. The molecule has 1 aromatic heterocycles. The maximum atomic E-state index is 12.5. The molecule has 0 spiro atoms. The number of nitrogens with zero attached hydrogens (tertiary/aromatic N) is 3. The Morgan fingerprint density at radius 2 is 1.85 bits per heavy atom. The summed E-state index contributed by atoms with van der Waals surface area (Å²) < 4.78 is 31.6. The van der Waals surface area contributed by atoms with Crippen LogP contribution in [0.3, 0.4) is 0 Å². The number of methoxy groups -OCH3 is 1. The number of aromatic nitrogens is 3. The topological polar surface area (TPSA) is 140 Å². The zero-order valence-electron chi connectivity index (χ0n) is 14.0. The molecule has 2 amide bonds. The lowest BCUT2D eigenvalue weighted by Gasteiger charge is -2.11. The summed E-state index contributed by atoms with van der Waals surface area (Å²) in [4.78, 5) is 35.1. The third-order valence-corrected chi connectivity index (χ3v) is 4.92. The van der Waals surface area contributed by atoms with Crippen LogP contribution in [0.15, 0.2) is 29.2 Å². The number of rotatable bonds is 5. The van der Waals surface area contributed by atoms with E-state index in [0.29, 0.717) is 0 Å². The van der Waals surface area contributed by atoms with Crippen molar-refractivity contribution in [2.24, 2.45) is 0 Å². The summed E-state index contributed by atoms with van der Waals surface area (Å²) in [7, 11) is -2.95. The van der Waals surface area contributed by atoms with E-state index in [-0.39, 0.29) is 28.2 Å². The van der Waals surface area contributed by atoms with Crippen molar-refractivity contribution in [3.8, 4) is 6.01 Å². The van der Waals surface area contributed by atoms with Crippen molar-refractivity contribution in [1.82, 2.24) is 19.7 Å². The average Bonchev–Trinajstić information content (AvgIpc) is 2.59. The van der Waals surface area contributed by atoms with E-state index in [1.807, 2.05) is 4.72 Å². The molecule has 0 radical (unpaired) electrons. The lowest BCUT2D eigenvalue weighted by Crippen LogP contribution is -2.35. The predicted octanol–water partition coefficient (Wildman–Crippen LogP) is 1.20. The van der Waals surface area contributed by atoms with Crippen LogP contribution in [-0.4, -0.2) is 47.9 Å². The van der Waals surface area contributed by atoms with Crippen LogP contribution < -0.4 is 14.8 Å². The van der Waals surface area contributed by atoms with Crippen LogP contribution in [0.4, 0.5) is 10.7 Å². The first-order valence-electron chi connectivity index (χ1n) is 7.04. The summed E-state index contributed by atoms with van der Waals surface area (Å²) in [6.45, 7) is 1.55. The first-order valence-corrected chi connectivity index (χ1v) is 9.75. The zero-order chi connectivity index (χ0) is 19.3. The summed E-state index contributed by atoms with van der Waals surface area (Å²) in [6.07, 6.45) is 1.53. The normalized spacial score (nSPS) is 10.9. The molecule has 0 aliphatic rings. The van der Waals surface area contributed by atoms with Crippen molar-refractivity contribution in [2.45, 2.75) is 11.8 Å². The van der Waals surface area contributed by atoms with Crippen LogP contribution in [-0.2, 0) is 10.0 Å². The van der Waals surface area contributed by atoms with E-state index in [0.717, 1.165) is 11.8 Å². The van der Waals surface area contributed by atoms with Gasteiger partial charge in [-0.25, -0.2) is 17.9 Å². The smallest absolute Gasteiger partial charge is 0.335 e. The molecule has 12 heteroatoms. The molecule has 1 aromatic carbocycles. The van der Waals surface area contributed by atoms with Gasteiger partial charge < -0.3 is 4.74 Å². The van der Waals surface area contributed by atoms with Gasteiger partial charge in [0.2, 0.25) is 11.1 Å². The highest BCUT2D eigenvalue weighted by Crippen LogP contribution is 2.19. The highest BCUT2D eigenvalue weighted by Gasteiger charge is 2.24. The third-order valence-electron chi connectivity index (χ3n) is 2.94. The molecule has 26 heavy (non-hydrogen) atoms. The lowest BCUT2D eigenvalue weighted by atomic mass is 10.2. The number of nitrogens with one attached hydrogen (secondary N) is 2. The highest BCUT2D eigenvalue weighted by atomic mass is 32.2. The number of amides is 2. The predicted molar refractivity (Wildman–Crippen MR) is 94.7 cm³/mol. The number of benzene rings is 1. The van der Waals surface area contributed by atoms with E-state index in [2.05, 4.69) is 20.3 Å². The van der Waals surface area contributed by atoms with Crippen LogP contribution >= 0.6 is 11.8 Å². The maximum absolute atomic E-state index is 12.5. The SMILES string of the molecule is COc1nc(C)nc(NC(=O)NS(=O)(=O)c2ccccc2C(=O)SC)n1. The van der Waals surface area contributed by atoms with Gasteiger partial charge in [0.05, 0.1) is 12.0 Å². The molecule has 0 fully saturated rings. The summed E-state index contributed by atoms with van der Waals surface area (Å²) in [5.74, 6) is 0.0847. The molecule has 2 rings (SSSR count). The minimum Gasteiger partial charge on any atom is -0.467 e. The Hall–Kier alpha value is -2.73. The molecule has 10 nitrogen and oxygen atoms in total. The van der Waals surface area contributed by atoms with Gasteiger partial charge in [-0.05, 0) is 25.3 Å². The van der Waals surface area contributed by atoms with Crippen molar-refractivity contribution in [3.63, 3.8) is 0 Å². The second-order valence-electron chi connectivity index (χ2n) is 4.74. The Morgan fingerprint density at radius 3 is 2.50 bits per heavy atom. The number of hydrogen-bond acceptors (Lipinski definition) is 9. The molecule has 0 aliphatic carbocycles. The van der Waals surface area contributed by atoms with E-state index in [1.165, 1.54) is 37.6 Å². The van der Waals surface area contributed by atoms with E-state index < -0.39 is 21.2 Å². The summed E-state index contributed by atoms with van der Waals surface area (Å²) in [5.41, 5.74) is -0.0297. The number of thioether (sulfide) groups is 1. The Morgan fingerprint density at radius 1 is 1.15 bits per heavy atom. The maximum Gasteiger partial charge on any atom is 0.335 e. The fraction of sp³-hybridized carbons (Fsp3) is 0.214. The number of carbonyl (C=O) groups is 2. The van der Waals surface area contributed by atoms with Gasteiger partial charge >= 0.3 is 12.0 Å². The Bertz CT molecular complexity index is 948. The first-order chi connectivity index (χ1) is 12.3. The van der Waals surface area contributed by atoms with E-state index in [9.17, 15) is 18.0 Å².